The van der Waals surface area contributed by atoms with Gasteiger partial charge < -0.3 is 9.64 Å². The third-order valence-electron chi connectivity index (χ3n) is 4.49. The number of carbonyl (C=O) groups excluding carboxylic acids is 1. The van der Waals surface area contributed by atoms with Crippen molar-refractivity contribution in [3.05, 3.63) is 64.0 Å². The molecule has 3 heterocycles. The average Bonchev–Trinajstić information content (AvgIpc) is 3.32. The van der Waals surface area contributed by atoms with Crippen molar-refractivity contribution in [1.82, 2.24) is 9.88 Å². The normalized spacial score (nSPS) is 17.1. The smallest absolute Gasteiger partial charge is 0.264 e. The van der Waals surface area contributed by atoms with Crippen LogP contribution in [0.2, 0.25) is 0 Å². The molecule has 0 saturated carbocycles. The van der Waals surface area contributed by atoms with Gasteiger partial charge in [-0.1, -0.05) is 24.3 Å². The van der Waals surface area contributed by atoms with E-state index in [-0.39, 0.29) is 12.0 Å². The highest BCUT2D eigenvalue weighted by Crippen LogP contribution is 2.33. The number of rotatable bonds is 4. The van der Waals surface area contributed by atoms with Crippen molar-refractivity contribution in [3.63, 3.8) is 0 Å². The van der Waals surface area contributed by atoms with Gasteiger partial charge in [0.05, 0.1) is 28.7 Å². The van der Waals surface area contributed by atoms with Crippen LogP contribution in [0.15, 0.2) is 48.5 Å². The van der Waals surface area contributed by atoms with E-state index in [0.717, 1.165) is 45.8 Å². The highest BCUT2D eigenvalue weighted by atomic mass is 32.1. The summed E-state index contributed by atoms with van der Waals surface area (Å²) in [7, 11) is 1.82. The molecule has 0 radical (unpaired) electrons. The summed E-state index contributed by atoms with van der Waals surface area (Å²) in [6.07, 6.45) is 2.31. The van der Waals surface area contributed by atoms with Gasteiger partial charge in [-0.05, 0) is 37.1 Å². The van der Waals surface area contributed by atoms with E-state index in [4.69, 9.17) is 4.74 Å². The molecule has 2 aromatic heterocycles. The minimum Gasteiger partial charge on any atom is -0.373 e. The molecule has 1 atom stereocenters. The van der Waals surface area contributed by atoms with Gasteiger partial charge >= 0.3 is 0 Å². The van der Waals surface area contributed by atoms with E-state index in [1.54, 1.807) is 16.2 Å². The number of carbonyl (C=O) groups is 1. The lowest BCUT2D eigenvalue weighted by Gasteiger charge is -2.16. The molecule has 1 aliphatic rings. The molecule has 1 aliphatic heterocycles. The van der Waals surface area contributed by atoms with Gasteiger partial charge in [0, 0.05) is 23.9 Å². The fourth-order valence-corrected chi connectivity index (χ4v) is 4.23. The maximum absolute atomic E-state index is 12.7. The second kappa shape index (κ2) is 6.94. The first-order chi connectivity index (χ1) is 12.2. The van der Waals surface area contributed by atoms with Gasteiger partial charge in [-0.3, -0.25) is 9.78 Å². The fraction of sp³-hybridized carbons (Fsp3) is 0.300. The van der Waals surface area contributed by atoms with Crippen LogP contribution in [0.1, 0.15) is 39.2 Å². The van der Waals surface area contributed by atoms with Crippen LogP contribution in [0.25, 0.3) is 10.9 Å². The number of fused-ring (bicyclic) bond motifs is 1. The average molecular weight is 352 g/mol. The molecule has 4 nitrogen and oxygen atoms in total. The van der Waals surface area contributed by atoms with Gasteiger partial charge in [-0.2, -0.15) is 0 Å². The standard InChI is InChI=1S/C20H20N2O2S/c1-22(13-15-9-8-14-5-2-3-6-16(14)21-15)20(23)19-11-10-18(25-19)17-7-4-12-24-17/h2-3,5-6,8-11,17H,4,7,12-13H2,1H3. The summed E-state index contributed by atoms with van der Waals surface area (Å²) in [5.41, 5.74) is 1.85. The quantitative estimate of drug-likeness (QED) is 0.698. The summed E-state index contributed by atoms with van der Waals surface area (Å²) in [4.78, 5) is 21.0. The van der Waals surface area contributed by atoms with Gasteiger partial charge in [-0.25, -0.2) is 0 Å². The summed E-state index contributed by atoms with van der Waals surface area (Å²) in [6.45, 7) is 1.32. The van der Waals surface area contributed by atoms with Crippen LogP contribution < -0.4 is 0 Å². The highest BCUT2D eigenvalue weighted by Gasteiger charge is 2.22. The van der Waals surface area contributed by atoms with E-state index in [0.29, 0.717) is 6.54 Å². The number of hydrogen-bond acceptors (Lipinski definition) is 4. The second-order valence-electron chi connectivity index (χ2n) is 6.36. The molecular weight excluding hydrogens is 332 g/mol. The molecule has 4 rings (SSSR count). The molecular formula is C20H20N2O2S. The topological polar surface area (TPSA) is 42.4 Å². The zero-order valence-corrected chi connectivity index (χ0v) is 15.0. The zero-order chi connectivity index (χ0) is 17.2. The predicted octanol–water partition coefficient (Wildman–Crippen LogP) is 4.42. The molecule has 0 spiro atoms. The van der Waals surface area contributed by atoms with Gasteiger partial charge in [0.1, 0.15) is 0 Å². The highest BCUT2D eigenvalue weighted by molar-refractivity contribution is 7.14. The number of pyridine rings is 1. The Morgan fingerprint density at radius 3 is 2.96 bits per heavy atom. The predicted molar refractivity (Wildman–Crippen MR) is 99.8 cm³/mol. The van der Waals surface area contributed by atoms with Crippen molar-refractivity contribution in [3.8, 4) is 0 Å². The minimum atomic E-state index is 0.0317. The largest absolute Gasteiger partial charge is 0.373 e. The molecule has 25 heavy (non-hydrogen) atoms. The molecule has 0 aliphatic carbocycles. The number of aromatic nitrogens is 1. The summed E-state index contributed by atoms with van der Waals surface area (Å²) in [5.74, 6) is 0.0317. The number of ether oxygens (including phenoxy) is 1. The molecule has 128 valence electrons. The monoisotopic (exact) mass is 352 g/mol. The van der Waals surface area contributed by atoms with E-state index in [2.05, 4.69) is 11.1 Å². The first-order valence-electron chi connectivity index (χ1n) is 8.52. The lowest BCUT2D eigenvalue weighted by atomic mass is 10.2. The molecule has 3 aromatic rings. The summed E-state index contributed by atoms with van der Waals surface area (Å²) >= 11 is 1.54. The maximum Gasteiger partial charge on any atom is 0.264 e. The Morgan fingerprint density at radius 2 is 2.12 bits per heavy atom. The summed E-state index contributed by atoms with van der Waals surface area (Å²) in [5, 5.41) is 1.11. The summed E-state index contributed by atoms with van der Waals surface area (Å²) in [6, 6.07) is 16.0. The van der Waals surface area contributed by atoms with Crippen molar-refractivity contribution in [2.24, 2.45) is 0 Å². The number of benzene rings is 1. The van der Waals surface area contributed by atoms with Crippen LogP contribution in [0.5, 0.6) is 0 Å². The van der Waals surface area contributed by atoms with E-state index in [1.165, 1.54) is 0 Å². The summed E-state index contributed by atoms with van der Waals surface area (Å²) < 4.78 is 5.70. The van der Waals surface area contributed by atoms with Crippen molar-refractivity contribution in [1.29, 1.82) is 0 Å². The molecule has 1 aromatic carbocycles. The number of para-hydroxylation sites is 1. The molecule has 1 amide bonds. The van der Waals surface area contributed by atoms with Gasteiger partial charge in [0.2, 0.25) is 0 Å². The Morgan fingerprint density at radius 1 is 1.24 bits per heavy atom. The lowest BCUT2D eigenvalue weighted by Crippen LogP contribution is -2.25. The van der Waals surface area contributed by atoms with Crippen LogP contribution in [-0.4, -0.2) is 29.4 Å². The Kier molecular flexibility index (Phi) is 4.51. The first kappa shape index (κ1) is 16.2. The van der Waals surface area contributed by atoms with E-state index >= 15 is 0 Å². The fourth-order valence-electron chi connectivity index (χ4n) is 3.14. The van der Waals surface area contributed by atoms with E-state index in [9.17, 15) is 4.79 Å². The van der Waals surface area contributed by atoms with Crippen LogP contribution in [0.4, 0.5) is 0 Å². The van der Waals surface area contributed by atoms with Crippen molar-refractivity contribution in [2.45, 2.75) is 25.5 Å². The lowest BCUT2D eigenvalue weighted by molar-refractivity contribution is 0.0788. The zero-order valence-electron chi connectivity index (χ0n) is 14.1. The molecule has 5 heteroatoms. The number of thiophene rings is 1. The van der Waals surface area contributed by atoms with Crippen LogP contribution >= 0.6 is 11.3 Å². The van der Waals surface area contributed by atoms with Crippen LogP contribution in [-0.2, 0) is 11.3 Å². The van der Waals surface area contributed by atoms with Crippen molar-refractivity contribution < 1.29 is 9.53 Å². The molecule has 1 unspecified atom stereocenters. The van der Waals surface area contributed by atoms with Crippen molar-refractivity contribution >= 4 is 28.1 Å². The Labute approximate surface area is 151 Å². The molecule has 0 N–H and O–H groups in total. The van der Waals surface area contributed by atoms with Gasteiger partial charge in [0.15, 0.2) is 0 Å². The van der Waals surface area contributed by atoms with E-state index in [1.807, 2.05) is 49.5 Å². The van der Waals surface area contributed by atoms with Crippen molar-refractivity contribution in [2.75, 3.05) is 13.7 Å². The third-order valence-corrected chi connectivity index (χ3v) is 5.65. The Hall–Kier alpha value is -2.24. The van der Waals surface area contributed by atoms with Gasteiger partial charge in [-0.15, -0.1) is 11.3 Å². The second-order valence-corrected chi connectivity index (χ2v) is 7.48. The minimum absolute atomic E-state index is 0.0317. The van der Waals surface area contributed by atoms with Crippen LogP contribution in [0, 0.1) is 0 Å². The van der Waals surface area contributed by atoms with E-state index < -0.39 is 0 Å². The van der Waals surface area contributed by atoms with Crippen LogP contribution in [0.3, 0.4) is 0 Å². The molecule has 1 saturated heterocycles. The number of amides is 1. The van der Waals surface area contributed by atoms with Gasteiger partial charge in [0.25, 0.3) is 5.91 Å². The maximum atomic E-state index is 12.7. The molecule has 1 fully saturated rings. The molecule has 0 bridgehead atoms. The first-order valence-corrected chi connectivity index (χ1v) is 9.34. The Bertz CT molecular complexity index is 899. The number of hydrogen-bond donors (Lipinski definition) is 0. The Balaban J connectivity index is 1.47. The third kappa shape index (κ3) is 3.43. The SMILES string of the molecule is CN(Cc1ccc2ccccc2n1)C(=O)c1ccc(C2CCCO2)s1. The number of nitrogens with zero attached hydrogens (tertiary/aromatic N) is 2.